The van der Waals surface area contributed by atoms with Crippen LogP contribution in [0.5, 0.6) is 0 Å². The Morgan fingerprint density at radius 3 is 0.909 bits per heavy atom. The fourth-order valence-electron chi connectivity index (χ4n) is 1.52. The zero-order valence-electron chi connectivity index (χ0n) is 18.8. The maximum Gasteiger partial charge on any atom is 0.484 e. The lowest BCUT2D eigenvalue weighted by Gasteiger charge is -2.22. The van der Waals surface area contributed by atoms with Crippen molar-refractivity contribution in [3.63, 3.8) is 0 Å². The molecule has 0 aromatic rings. The second-order valence-electron chi connectivity index (χ2n) is 6.42. The molecule has 0 aromatic carbocycles. The third-order valence-corrected chi connectivity index (χ3v) is 6.96. The monoisotopic (exact) mass is 506 g/mol. The average Bonchev–Trinajstić information content (AvgIpc) is 2.78. The predicted molar refractivity (Wildman–Crippen MR) is 119 cm³/mol. The molecule has 0 aliphatic heterocycles. The summed E-state index contributed by atoms with van der Waals surface area (Å²) in [6.45, 7) is 4.25. The van der Waals surface area contributed by atoms with Crippen molar-refractivity contribution >= 4 is 40.8 Å². The van der Waals surface area contributed by atoms with Gasteiger partial charge in [0.25, 0.3) is 0 Å². The molecule has 0 bridgehead atoms. The van der Waals surface area contributed by atoms with Crippen LogP contribution in [0.15, 0.2) is 46.6 Å². The number of hydrogen-bond acceptors (Lipinski definition) is 11. The fourth-order valence-corrected chi connectivity index (χ4v) is 4.44. The lowest BCUT2D eigenvalue weighted by Crippen LogP contribution is -2.05. The number of phosphoric acid groups is 2. The van der Waals surface area contributed by atoms with E-state index in [1.54, 1.807) is 0 Å². The number of aldehydes is 4. The van der Waals surface area contributed by atoms with Gasteiger partial charge < -0.3 is 0 Å². The van der Waals surface area contributed by atoms with Crippen LogP contribution in [0.3, 0.4) is 0 Å². The Morgan fingerprint density at radius 1 is 0.515 bits per heavy atom. The number of hydrogen-bond donors (Lipinski definition) is 0. The van der Waals surface area contributed by atoms with Crippen molar-refractivity contribution in [1.82, 2.24) is 0 Å². The summed E-state index contributed by atoms with van der Waals surface area (Å²) in [4.78, 5) is 42.9. The largest absolute Gasteiger partial charge is 0.484 e. The van der Waals surface area contributed by atoms with Gasteiger partial charge in [-0.1, -0.05) is 24.3 Å². The van der Waals surface area contributed by atoms with Gasteiger partial charge in [-0.3, -0.25) is 37.3 Å². The minimum Gasteiger partial charge on any atom is -0.298 e. The molecule has 184 valence electrons. The summed E-state index contributed by atoms with van der Waals surface area (Å²) in [6, 6.07) is 0. The maximum atomic E-state index is 13.1. The summed E-state index contributed by atoms with van der Waals surface area (Å²) in [5.74, 6) is 0. The second kappa shape index (κ2) is 16.5. The molecular weight excluding hydrogens is 478 g/mol. The van der Waals surface area contributed by atoms with Gasteiger partial charge in [-0.2, -0.15) is 4.31 Å². The van der Waals surface area contributed by atoms with Gasteiger partial charge >= 0.3 is 15.6 Å². The van der Waals surface area contributed by atoms with Gasteiger partial charge in [0.1, 0.15) is 25.1 Å². The Bertz CT molecular complexity index is 764. The molecule has 0 rings (SSSR count). The van der Waals surface area contributed by atoms with E-state index in [1.165, 1.54) is 52.0 Å². The molecule has 0 aliphatic rings. The lowest BCUT2D eigenvalue weighted by atomic mass is 10.3. The Hall–Kier alpha value is -2.10. The van der Waals surface area contributed by atoms with E-state index in [0.717, 1.165) is 0 Å². The highest BCUT2D eigenvalue weighted by Gasteiger charge is 2.40. The smallest absolute Gasteiger partial charge is 0.298 e. The quantitative estimate of drug-likeness (QED) is 0.151. The summed E-state index contributed by atoms with van der Waals surface area (Å²) in [5.41, 5.74) is 1.05. The highest BCUT2D eigenvalue weighted by molar-refractivity contribution is 7.62. The van der Waals surface area contributed by atoms with Crippen molar-refractivity contribution < 1.29 is 50.7 Å². The fraction of sp³-hybridized carbons (Fsp3) is 0.400. The Morgan fingerprint density at radius 2 is 0.727 bits per heavy atom. The molecular formula is C20H28O11P2. The summed E-state index contributed by atoms with van der Waals surface area (Å²) in [5, 5.41) is 0. The van der Waals surface area contributed by atoms with Crippen molar-refractivity contribution in [3.05, 3.63) is 46.6 Å². The first-order valence-corrected chi connectivity index (χ1v) is 12.4. The number of carbonyl (C=O) groups is 4. The van der Waals surface area contributed by atoms with E-state index in [4.69, 9.17) is 22.4 Å². The van der Waals surface area contributed by atoms with Crippen molar-refractivity contribution in [2.24, 2.45) is 0 Å². The number of rotatable bonds is 18. The minimum absolute atomic E-state index is 0.262. The zero-order valence-corrected chi connectivity index (χ0v) is 20.6. The van der Waals surface area contributed by atoms with E-state index in [0.29, 0.717) is 25.1 Å². The Balaban J connectivity index is 5.79. The van der Waals surface area contributed by atoms with E-state index in [-0.39, 0.29) is 22.3 Å². The van der Waals surface area contributed by atoms with Crippen LogP contribution in [-0.2, 0) is 50.7 Å². The Kier molecular flexibility index (Phi) is 15.5. The van der Waals surface area contributed by atoms with Crippen LogP contribution in [0.2, 0.25) is 0 Å². The van der Waals surface area contributed by atoms with Crippen molar-refractivity contribution in [2.45, 2.75) is 27.7 Å². The molecule has 0 heterocycles. The van der Waals surface area contributed by atoms with Crippen molar-refractivity contribution in [2.75, 3.05) is 26.4 Å². The molecule has 0 aliphatic carbocycles. The molecule has 0 saturated heterocycles. The van der Waals surface area contributed by atoms with Crippen LogP contribution < -0.4 is 0 Å². The normalized spacial score (nSPS) is 14.2. The van der Waals surface area contributed by atoms with E-state index in [1.807, 2.05) is 0 Å². The number of phosphoric ester groups is 2. The van der Waals surface area contributed by atoms with Gasteiger partial charge in [0.2, 0.25) is 0 Å². The maximum absolute atomic E-state index is 13.1. The third kappa shape index (κ3) is 14.6. The van der Waals surface area contributed by atoms with Gasteiger partial charge in [0.05, 0.1) is 26.4 Å². The lowest BCUT2D eigenvalue weighted by molar-refractivity contribution is -0.105. The molecule has 0 radical (unpaired) electrons. The SMILES string of the molecule is C/C(C=O)=C/COP(=O)(OC/C=C(/C)C=O)OP(=O)(OC/C=C(/C)C=O)OC/C=C(/C)C=O. The summed E-state index contributed by atoms with van der Waals surface area (Å²) >= 11 is 0. The van der Waals surface area contributed by atoms with Gasteiger partial charge in [-0.05, 0) is 50.0 Å². The van der Waals surface area contributed by atoms with E-state index in [9.17, 15) is 28.3 Å². The van der Waals surface area contributed by atoms with Crippen molar-refractivity contribution in [3.8, 4) is 0 Å². The molecule has 0 N–H and O–H groups in total. The van der Waals surface area contributed by atoms with Crippen LogP contribution in [0.1, 0.15) is 27.7 Å². The zero-order chi connectivity index (χ0) is 25.3. The summed E-state index contributed by atoms with van der Waals surface area (Å²) in [7, 11) is -9.26. The first-order valence-electron chi connectivity index (χ1n) is 9.50. The van der Waals surface area contributed by atoms with Crippen LogP contribution in [0.4, 0.5) is 0 Å². The first-order chi connectivity index (χ1) is 15.5. The molecule has 0 unspecified atom stereocenters. The molecule has 0 spiro atoms. The molecule has 0 aromatic heterocycles. The first kappa shape index (κ1) is 30.9. The molecule has 33 heavy (non-hydrogen) atoms. The summed E-state index contributed by atoms with van der Waals surface area (Å²) < 4.78 is 51.6. The third-order valence-electron chi connectivity index (χ3n) is 3.50. The van der Waals surface area contributed by atoms with Crippen molar-refractivity contribution in [1.29, 1.82) is 0 Å². The molecule has 0 fully saturated rings. The van der Waals surface area contributed by atoms with Gasteiger partial charge in [0.15, 0.2) is 0 Å². The average molecular weight is 506 g/mol. The van der Waals surface area contributed by atoms with Crippen LogP contribution in [-0.4, -0.2) is 51.6 Å². The molecule has 0 atom stereocenters. The summed E-state index contributed by atoms with van der Waals surface area (Å²) in [6.07, 6.45) is 7.24. The van der Waals surface area contributed by atoms with Crippen LogP contribution in [0.25, 0.3) is 0 Å². The predicted octanol–water partition coefficient (Wildman–Crippen LogP) is 3.87. The van der Waals surface area contributed by atoms with Gasteiger partial charge in [-0.25, -0.2) is 9.13 Å². The van der Waals surface area contributed by atoms with Crippen LogP contribution >= 0.6 is 15.6 Å². The highest BCUT2D eigenvalue weighted by atomic mass is 31.3. The highest BCUT2D eigenvalue weighted by Crippen LogP contribution is 2.66. The number of allylic oxidation sites excluding steroid dienone is 4. The van der Waals surface area contributed by atoms with E-state index in [2.05, 4.69) is 0 Å². The van der Waals surface area contributed by atoms with Gasteiger partial charge in [0, 0.05) is 0 Å². The standard InChI is InChI=1S/C20H28O11P2/c1-17(13-21)5-9-27-32(25,28-10-6-18(2)14-22)31-33(26,29-11-7-19(3)15-23)30-12-8-20(4)16-24/h5-8,13-16H,9-12H2,1-4H3/b17-5-,18-6-,19-7-,20-8-. The topological polar surface area (TPSA) is 149 Å². The minimum atomic E-state index is -4.63. The molecule has 13 heteroatoms. The number of carbonyl (C=O) groups excluding carboxylic acids is 4. The molecule has 0 amide bonds. The van der Waals surface area contributed by atoms with E-state index < -0.39 is 42.1 Å². The molecule has 11 nitrogen and oxygen atoms in total. The van der Waals surface area contributed by atoms with E-state index >= 15 is 0 Å². The van der Waals surface area contributed by atoms with Crippen LogP contribution in [0, 0.1) is 0 Å². The second-order valence-corrected chi connectivity index (χ2v) is 9.90. The van der Waals surface area contributed by atoms with Gasteiger partial charge in [-0.15, -0.1) is 0 Å². The Labute approximate surface area is 192 Å². The molecule has 0 saturated carbocycles.